The highest BCUT2D eigenvalue weighted by Gasteiger charge is 2.39. The summed E-state index contributed by atoms with van der Waals surface area (Å²) in [5.74, 6) is -1.18. The maximum Gasteiger partial charge on any atom is 0.229 e. The third-order valence-electron chi connectivity index (χ3n) is 3.73. The number of carbonyl (C=O) groups is 2. The fourth-order valence-corrected chi connectivity index (χ4v) is 2.81. The molecule has 0 fully saturated rings. The van der Waals surface area contributed by atoms with Gasteiger partial charge in [0, 0.05) is 25.3 Å². The van der Waals surface area contributed by atoms with Gasteiger partial charge in [-0.2, -0.15) is 0 Å². The number of rotatable bonds is 2. The van der Waals surface area contributed by atoms with Crippen LogP contribution in [0.15, 0.2) is 48.5 Å². The summed E-state index contributed by atoms with van der Waals surface area (Å²) in [5.41, 5.74) is 3.21. The van der Waals surface area contributed by atoms with Gasteiger partial charge in [0.2, 0.25) is 11.6 Å². The Hall–Kier alpha value is -2.42. The fraction of sp³-hybridized carbons (Fsp3) is 0.176. The summed E-state index contributed by atoms with van der Waals surface area (Å²) in [6, 6.07) is 15.0. The Kier molecular flexibility index (Phi) is 2.90. The van der Waals surface area contributed by atoms with Crippen molar-refractivity contribution in [3.63, 3.8) is 0 Å². The van der Waals surface area contributed by atoms with E-state index in [0.717, 1.165) is 16.8 Å². The minimum Gasteiger partial charge on any atom is -0.377 e. The molecule has 1 atom stereocenters. The zero-order valence-electron chi connectivity index (χ0n) is 11.5. The SMILES string of the molecule is CN(C)c1ccccc1C1C(=O)C(=O)c2ccccc21. The smallest absolute Gasteiger partial charge is 0.229 e. The van der Waals surface area contributed by atoms with E-state index in [-0.39, 0.29) is 11.6 Å². The average Bonchev–Trinajstić information content (AvgIpc) is 2.71. The van der Waals surface area contributed by atoms with Crippen LogP contribution < -0.4 is 4.90 Å². The summed E-state index contributed by atoms with van der Waals surface area (Å²) in [4.78, 5) is 26.4. The van der Waals surface area contributed by atoms with Crippen molar-refractivity contribution >= 4 is 17.3 Å². The Morgan fingerprint density at radius 2 is 1.45 bits per heavy atom. The molecule has 0 amide bonds. The summed E-state index contributed by atoms with van der Waals surface area (Å²) in [6.45, 7) is 0. The molecule has 1 aliphatic carbocycles. The van der Waals surface area contributed by atoms with E-state index in [9.17, 15) is 9.59 Å². The normalized spacial score (nSPS) is 17.2. The van der Waals surface area contributed by atoms with E-state index in [4.69, 9.17) is 0 Å². The summed E-state index contributed by atoms with van der Waals surface area (Å²) in [5, 5.41) is 0. The second kappa shape index (κ2) is 4.60. The number of anilines is 1. The highest BCUT2D eigenvalue weighted by molar-refractivity contribution is 6.49. The molecule has 0 bridgehead atoms. The van der Waals surface area contributed by atoms with Crippen LogP contribution in [-0.4, -0.2) is 25.7 Å². The topological polar surface area (TPSA) is 37.4 Å². The summed E-state index contributed by atoms with van der Waals surface area (Å²) < 4.78 is 0. The van der Waals surface area contributed by atoms with Crippen LogP contribution in [0.4, 0.5) is 5.69 Å². The van der Waals surface area contributed by atoms with Crippen LogP contribution in [0.1, 0.15) is 27.4 Å². The first-order valence-corrected chi connectivity index (χ1v) is 6.55. The van der Waals surface area contributed by atoms with Crippen LogP contribution in [0.2, 0.25) is 0 Å². The van der Waals surface area contributed by atoms with E-state index < -0.39 is 5.92 Å². The quantitative estimate of drug-likeness (QED) is 0.783. The molecule has 1 unspecified atom stereocenters. The lowest BCUT2D eigenvalue weighted by molar-refractivity contribution is -0.115. The molecule has 100 valence electrons. The molecule has 0 aromatic heterocycles. The number of hydrogen-bond donors (Lipinski definition) is 0. The van der Waals surface area contributed by atoms with E-state index in [1.165, 1.54) is 0 Å². The van der Waals surface area contributed by atoms with E-state index >= 15 is 0 Å². The molecule has 3 heteroatoms. The summed E-state index contributed by atoms with van der Waals surface area (Å²) >= 11 is 0. The maximum absolute atomic E-state index is 12.4. The second-order valence-corrected chi connectivity index (χ2v) is 5.17. The van der Waals surface area contributed by atoms with Crippen molar-refractivity contribution in [1.29, 1.82) is 0 Å². The molecule has 0 saturated heterocycles. The van der Waals surface area contributed by atoms with Crippen LogP contribution in [0.5, 0.6) is 0 Å². The molecular formula is C17H15NO2. The number of benzene rings is 2. The maximum atomic E-state index is 12.4. The Morgan fingerprint density at radius 3 is 2.15 bits per heavy atom. The molecule has 0 heterocycles. The molecule has 1 aliphatic rings. The molecule has 0 N–H and O–H groups in total. The van der Waals surface area contributed by atoms with Crippen LogP contribution in [0.25, 0.3) is 0 Å². The van der Waals surface area contributed by atoms with Gasteiger partial charge >= 0.3 is 0 Å². The second-order valence-electron chi connectivity index (χ2n) is 5.17. The molecule has 0 saturated carbocycles. The van der Waals surface area contributed by atoms with Gasteiger partial charge in [0.1, 0.15) is 0 Å². The number of carbonyl (C=O) groups excluding carboxylic acids is 2. The number of ketones is 2. The average molecular weight is 265 g/mol. The fourth-order valence-electron chi connectivity index (χ4n) is 2.81. The van der Waals surface area contributed by atoms with Crippen molar-refractivity contribution in [3.8, 4) is 0 Å². The Labute approximate surface area is 117 Å². The Bertz CT molecular complexity index is 704. The number of hydrogen-bond acceptors (Lipinski definition) is 3. The molecule has 3 nitrogen and oxygen atoms in total. The van der Waals surface area contributed by atoms with Crippen molar-refractivity contribution in [2.24, 2.45) is 0 Å². The largest absolute Gasteiger partial charge is 0.377 e. The van der Waals surface area contributed by atoms with Gasteiger partial charge in [-0.05, 0) is 17.2 Å². The van der Waals surface area contributed by atoms with Gasteiger partial charge in [0.25, 0.3) is 0 Å². The first kappa shape index (κ1) is 12.6. The van der Waals surface area contributed by atoms with Crippen LogP contribution >= 0.6 is 0 Å². The molecule has 2 aromatic rings. The molecule has 20 heavy (non-hydrogen) atoms. The third-order valence-corrected chi connectivity index (χ3v) is 3.73. The van der Waals surface area contributed by atoms with Crippen LogP contribution in [-0.2, 0) is 4.79 Å². The summed E-state index contributed by atoms with van der Waals surface area (Å²) in [6.07, 6.45) is 0. The Balaban J connectivity index is 2.21. The van der Waals surface area contributed by atoms with E-state index in [1.54, 1.807) is 12.1 Å². The summed E-state index contributed by atoms with van der Waals surface area (Å²) in [7, 11) is 3.87. The number of nitrogens with zero attached hydrogens (tertiary/aromatic N) is 1. The minimum atomic E-state index is -0.475. The minimum absolute atomic E-state index is 0.333. The first-order valence-electron chi connectivity index (χ1n) is 6.55. The number of Topliss-reactive ketones (excluding diaryl/α,β-unsaturated/α-hetero) is 2. The first-order chi connectivity index (χ1) is 9.61. The predicted octanol–water partition coefficient (Wildman–Crippen LogP) is 2.65. The van der Waals surface area contributed by atoms with Gasteiger partial charge in [-0.3, -0.25) is 9.59 Å². The number of fused-ring (bicyclic) bond motifs is 1. The molecule has 0 aliphatic heterocycles. The van der Waals surface area contributed by atoms with Gasteiger partial charge in [0.05, 0.1) is 5.92 Å². The van der Waals surface area contributed by atoms with Crippen molar-refractivity contribution in [3.05, 3.63) is 65.2 Å². The zero-order valence-corrected chi connectivity index (χ0v) is 11.5. The predicted molar refractivity (Wildman–Crippen MR) is 78.4 cm³/mol. The van der Waals surface area contributed by atoms with E-state index in [2.05, 4.69) is 0 Å². The van der Waals surface area contributed by atoms with Crippen molar-refractivity contribution in [1.82, 2.24) is 0 Å². The van der Waals surface area contributed by atoms with Crippen molar-refractivity contribution in [2.45, 2.75) is 5.92 Å². The van der Waals surface area contributed by atoms with Gasteiger partial charge in [-0.25, -0.2) is 0 Å². The van der Waals surface area contributed by atoms with Gasteiger partial charge in [0.15, 0.2) is 0 Å². The van der Waals surface area contributed by atoms with Crippen LogP contribution in [0, 0.1) is 0 Å². The van der Waals surface area contributed by atoms with Gasteiger partial charge in [-0.1, -0.05) is 42.5 Å². The molecule has 0 spiro atoms. The highest BCUT2D eigenvalue weighted by atomic mass is 16.2. The molecular weight excluding hydrogens is 250 g/mol. The van der Waals surface area contributed by atoms with E-state index in [1.807, 2.05) is 55.4 Å². The van der Waals surface area contributed by atoms with E-state index in [0.29, 0.717) is 5.56 Å². The molecule has 3 rings (SSSR count). The lowest BCUT2D eigenvalue weighted by atomic mass is 9.90. The highest BCUT2D eigenvalue weighted by Crippen LogP contribution is 2.39. The van der Waals surface area contributed by atoms with Gasteiger partial charge < -0.3 is 4.90 Å². The monoisotopic (exact) mass is 265 g/mol. The lowest BCUT2D eigenvalue weighted by Crippen LogP contribution is -2.18. The van der Waals surface area contributed by atoms with Crippen molar-refractivity contribution < 1.29 is 9.59 Å². The third kappa shape index (κ3) is 1.74. The van der Waals surface area contributed by atoms with Crippen LogP contribution in [0.3, 0.4) is 0 Å². The zero-order chi connectivity index (χ0) is 14.3. The standard InChI is InChI=1S/C17H15NO2/c1-18(2)14-10-6-5-9-13(14)15-11-7-3-4-8-12(11)16(19)17(15)20/h3-10,15H,1-2H3. The lowest BCUT2D eigenvalue weighted by Gasteiger charge is -2.20. The van der Waals surface area contributed by atoms with Crippen molar-refractivity contribution in [2.75, 3.05) is 19.0 Å². The van der Waals surface area contributed by atoms with Gasteiger partial charge in [-0.15, -0.1) is 0 Å². The molecule has 0 radical (unpaired) electrons. The Morgan fingerprint density at radius 1 is 0.850 bits per heavy atom. The number of para-hydroxylation sites is 1. The molecule has 2 aromatic carbocycles.